The molecule has 1 unspecified atom stereocenters. The zero-order valence-corrected chi connectivity index (χ0v) is 13.6. The molecule has 4 nitrogen and oxygen atoms in total. The molecule has 1 aromatic rings. The van der Waals surface area contributed by atoms with E-state index in [-0.39, 0.29) is 0 Å². The van der Waals surface area contributed by atoms with Gasteiger partial charge in [-0.05, 0) is 31.5 Å². The van der Waals surface area contributed by atoms with E-state index in [4.69, 9.17) is 14.5 Å². The summed E-state index contributed by atoms with van der Waals surface area (Å²) >= 11 is 0. The van der Waals surface area contributed by atoms with Crippen LogP contribution >= 0.6 is 0 Å². The molecule has 2 heterocycles. The number of nitrogens with zero attached hydrogens (tertiary/aromatic N) is 2. The van der Waals surface area contributed by atoms with Crippen molar-refractivity contribution in [2.75, 3.05) is 40.5 Å². The van der Waals surface area contributed by atoms with E-state index in [1.54, 1.807) is 7.11 Å². The van der Waals surface area contributed by atoms with Gasteiger partial charge in [-0.25, -0.2) is 0 Å². The standard InChI is InChI=1S/C17H28N2O2/c1-4-5-15-6-7-16(14-8-10-21-13-14)17(18-15)12-19(2)9-11-20-3/h6-7,14H,4-5,8-13H2,1-3H3. The van der Waals surface area contributed by atoms with E-state index >= 15 is 0 Å². The molecule has 1 aromatic heterocycles. The highest BCUT2D eigenvalue weighted by atomic mass is 16.5. The minimum Gasteiger partial charge on any atom is -0.383 e. The number of pyridine rings is 1. The third-order valence-electron chi connectivity index (χ3n) is 4.04. The molecule has 0 bridgehead atoms. The van der Waals surface area contributed by atoms with E-state index < -0.39 is 0 Å². The van der Waals surface area contributed by atoms with Gasteiger partial charge in [0.15, 0.2) is 0 Å². The fraction of sp³-hybridized carbons (Fsp3) is 0.706. The Hall–Kier alpha value is -0.970. The van der Waals surface area contributed by atoms with E-state index in [1.807, 2.05) is 0 Å². The van der Waals surface area contributed by atoms with Gasteiger partial charge < -0.3 is 9.47 Å². The summed E-state index contributed by atoms with van der Waals surface area (Å²) in [6.07, 6.45) is 3.30. The Balaban J connectivity index is 2.14. The predicted molar refractivity (Wildman–Crippen MR) is 84.6 cm³/mol. The molecular weight excluding hydrogens is 264 g/mol. The second-order valence-corrected chi connectivity index (χ2v) is 5.88. The predicted octanol–water partition coefficient (Wildman–Crippen LogP) is 2.62. The van der Waals surface area contributed by atoms with E-state index in [1.165, 1.54) is 17.0 Å². The van der Waals surface area contributed by atoms with Crippen LogP contribution in [0.1, 0.15) is 42.6 Å². The highest BCUT2D eigenvalue weighted by molar-refractivity contribution is 5.28. The quantitative estimate of drug-likeness (QED) is 0.738. The molecule has 0 saturated carbocycles. The zero-order chi connectivity index (χ0) is 15.1. The molecule has 0 amide bonds. The van der Waals surface area contributed by atoms with E-state index in [2.05, 4.69) is 31.0 Å². The Morgan fingerprint density at radius 3 is 2.95 bits per heavy atom. The summed E-state index contributed by atoms with van der Waals surface area (Å²) in [6.45, 7) is 6.48. The van der Waals surface area contributed by atoms with Crippen molar-refractivity contribution in [3.8, 4) is 0 Å². The second-order valence-electron chi connectivity index (χ2n) is 5.88. The van der Waals surface area contributed by atoms with Crippen LogP contribution in [0.3, 0.4) is 0 Å². The number of likely N-dealkylation sites (N-methyl/N-ethyl adjacent to an activating group) is 1. The molecule has 1 saturated heterocycles. The van der Waals surface area contributed by atoms with Crippen molar-refractivity contribution in [1.29, 1.82) is 0 Å². The Morgan fingerprint density at radius 2 is 2.29 bits per heavy atom. The number of hydrogen-bond acceptors (Lipinski definition) is 4. The molecule has 1 atom stereocenters. The summed E-state index contributed by atoms with van der Waals surface area (Å²) in [5.41, 5.74) is 3.79. The lowest BCUT2D eigenvalue weighted by atomic mass is 9.96. The van der Waals surface area contributed by atoms with Crippen LogP contribution in [0.2, 0.25) is 0 Å². The first-order chi connectivity index (χ1) is 10.2. The molecule has 0 radical (unpaired) electrons. The normalized spacial score (nSPS) is 18.6. The molecule has 1 fully saturated rings. The first-order valence-electron chi connectivity index (χ1n) is 7.98. The van der Waals surface area contributed by atoms with Crippen molar-refractivity contribution in [2.45, 2.75) is 38.6 Å². The van der Waals surface area contributed by atoms with Gasteiger partial charge in [0.25, 0.3) is 0 Å². The van der Waals surface area contributed by atoms with E-state index in [0.717, 1.165) is 52.2 Å². The van der Waals surface area contributed by atoms with Crippen LogP contribution in [0, 0.1) is 0 Å². The zero-order valence-electron chi connectivity index (χ0n) is 13.6. The van der Waals surface area contributed by atoms with Gasteiger partial charge in [0, 0.05) is 38.4 Å². The third kappa shape index (κ3) is 4.77. The third-order valence-corrected chi connectivity index (χ3v) is 4.04. The number of methoxy groups -OCH3 is 1. The fourth-order valence-corrected chi connectivity index (χ4v) is 2.81. The van der Waals surface area contributed by atoms with Crippen LogP contribution in [-0.4, -0.2) is 50.4 Å². The van der Waals surface area contributed by atoms with Crippen LogP contribution in [0.4, 0.5) is 0 Å². The van der Waals surface area contributed by atoms with Crippen molar-refractivity contribution < 1.29 is 9.47 Å². The monoisotopic (exact) mass is 292 g/mol. The van der Waals surface area contributed by atoms with Crippen LogP contribution in [0.5, 0.6) is 0 Å². The minimum atomic E-state index is 0.513. The van der Waals surface area contributed by atoms with Crippen molar-refractivity contribution >= 4 is 0 Å². The van der Waals surface area contributed by atoms with Crippen molar-refractivity contribution in [1.82, 2.24) is 9.88 Å². The molecule has 0 aliphatic carbocycles. The van der Waals surface area contributed by atoms with Gasteiger partial charge in [-0.3, -0.25) is 9.88 Å². The number of aryl methyl sites for hydroxylation is 1. The summed E-state index contributed by atoms with van der Waals surface area (Å²) in [6, 6.07) is 4.46. The molecule has 1 aliphatic heterocycles. The lowest BCUT2D eigenvalue weighted by molar-refractivity contribution is 0.157. The smallest absolute Gasteiger partial charge is 0.0589 e. The van der Waals surface area contributed by atoms with Gasteiger partial charge in [0.2, 0.25) is 0 Å². The van der Waals surface area contributed by atoms with Gasteiger partial charge in [0.1, 0.15) is 0 Å². The Bertz CT molecular complexity index is 431. The summed E-state index contributed by atoms with van der Waals surface area (Å²) < 4.78 is 10.7. The largest absolute Gasteiger partial charge is 0.383 e. The maximum Gasteiger partial charge on any atom is 0.0589 e. The number of aromatic nitrogens is 1. The maximum atomic E-state index is 5.55. The highest BCUT2D eigenvalue weighted by Gasteiger charge is 2.22. The highest BCUT2D eigenvalue weighted by Crippen LogP contribution is 2.28. The van der Waals surface area contributed by atoms with Crippen LogP contribution < -0.4 is 0 Å². The molecule has 0 N–H and O–H groups in total. The lowest BCUT2D eigenvalue weighted by Crippen LogP contribution is -2.24. The van der Waals surface area contributed by atoms with Gasteiger partial charge in [-0.2, -0.15) is 0 Å². The average molecular weight is 292 g/mol. The number of ether oxygens (including phenoxy) is 2. The second kappa shape index (κ2) is 8.47. The van der Waals surface area contributed by atoms with Crippen molar-refractivity contribution in [3.05, 3.63) is 29.1 Å². The van der Waals surface area contributed by atoms with Gasteiger partial charge in [-0.1, -0.05) is 19.4 Å². The molecule has 118 valence electrons. The SMILES string of the molecule is CCCc1ccc(C2CCOC2)c(CN(C)CCOC)n1. The molecule has 1 aliphatic rings. The number of rotatable bonds is 8. The minimum absolute atomic E-state index is 0.513. The number of hydrogen-bond donors (Lipinski definition) is 0. The van der Waals surface area contributed by atoms with Crippen LogP contribution in [-0.2, 0) is 22.4 Å². The lowest BCUT2D eigenvalue weighted by Gasteiger charge is -2.20. The van der Waals surface area contributed by atoms with Gasteiger partial charge in [0.05, 0.1) is 18.9 Å². The summed E-state index contributed by atoms with van der Waals surface area (Å²) in [5.74, 6) is 0.513. The molecule has 0 spiro atoms. The molecule has 4 heteroatoms. The topological polar surface area (TPSA) is 34.6 Å². The molecule has 2 rings (SSSR count). The Labute approximate surface area is 128 Å². The molecule has 0 aromatic carbocycles. The van der Waals surface area contributed by atoms with Crippen molar-refractivity contribution in [3.63, 3.8) is 0 Å². The Kier molecular flexibility index (Phi) is 6.61. The Morgan fingerprint density at radius 1 is 1.43 bits per heavy atom. The molecular formula is C17H28N2O2. The van der Waals surface area contributed by atoms with Crippen LogP contribution in [0.15, 0.2) is 12.1 Å². The summed E-state index contributed by atoms with van der Waals surface area (Å²) in [4.78, 5) is 7.20. The summed E-state index contributed by atoms with van der Waals surface area (Å²) in [5, 5.41) is 0. The van der Waals surface area contributed by atoms with Crippen molar-refractivity contribution in [2.24, 2.45) is 0 Å². The van der Waals surface area contributed by atoms with Crippen LogP contribution in [0.25, 0.3) is 0 Å². The first kappa shape index (κ1) is 16.4. The summed E-state index contributed by atoms with van der Waals surface area (Å²) in [7, 11) is 3.87. The maximum absolute atomic E-state index is 5.55. The van der Waals surface area contributed by atoms with E-state index in [0.29, 0.717) is 5.92 Å². The first-order valence-corrected chi connectivity index (χ1v) is 7.98. The van der Waals surface area contributed by atoms with Gasteiger partial charge >= 0.3 is 0 Å². The molecule has 21 heavy (non-hydrogen) atoms. The van der Waals surface area contributed by atoms with E-state index in [9.17, 15) is 0 Å². The average Bonchev–Trinajstić information content (AvgIpc) is 3.00. The van der Waals surface area contributed by atoms with Gasteiger partial charge in [-0.15, -0.1) is 0 Å². The fourth-order valence-electron chi connectivity index (χ4n) is 2.81.